The molecule has 0 unspecified atom stereocenters. The molecule has 1 aromatic rings. The number of rotatable bonds is 54. The normalized spacial score (nSPS) is 11.7. The van der Waals surface area contributed by atoms with E-state index in [2.05, 4.69) is 27.7 Å². The van der Waals surface area contributed by atoms with E-state index in [4.69, 9.17) is 9.97 Å². The third-order valence-corrected chi connectivity index (χ3v) is 14.7. The van der Waals surface area contributed by atoms with Crippen LogP contribution in [-0.2, 0) is 25.7 Å². The van der Waals surface area contributed by atoms with E-state index in [-0.39, 0.29) is 0 Å². The predicted molar refractivity (Wildman–Crippen MR) is 290 cm³/mol. The van der Waals surface area contributed by atoms with Crippen molar-refractivity contribution in [3.8, 4) is 0 Å². The molecule has 0 aromatic carbocycles. The third kappa shape index (κ3) is 41.3. The lowest BCUT2D eigenvalue weighted by Crippen LogP contribution is -2.11. The lowest BCUT2D eigenvalue weighted by molar-refractivity contribution is 0.526. The fourth-order valence-electron chi connectivity index (χ4n) is 10.3. The zero-order chi connectivity index (χ0) is 45.9. The zero-order valence-electron chi connectivity index (χ0n) is 44.8. The Morgan fingerprint density at radius 3 is 0.656 bits per heavy atom. The molecule has 0 saturated heterocycles. The van der Waals surface area contributed by atoms with Crippen molar-refractivity contribution in [3.05, 3.63) is 29.7 Å². The summed E-state index contributed by atoms with van der Waals surface area (Å²) in [6, 6.07) is 0. The van der Waals surface area contributed by atoms with E-state index in [1.807, 2.05) is 0 Å². The van der Waals surface area contributed by atoms with Crippen LogP contribution in [0.5, 0.6) is 0 Å². The number of nitrogens with zero attached hydrogens (tertiary/aromatic N) is 2. The van der Waals surface area contributed by atoms with E-state index in [1.54, 1.807) is 5.56 Å². The summed E-state index contributed by atoms with van der Waals surface area (Å²) in [5, 5.41) is 0. The van der Waals surface area contributed by atoms with Crippen LogP contribution in [0, 0.1) is 6.92 Å². The first-order chi connectivity index (χ1) is 31.8. The van der Waals surface area contributed by atoms with Gasteiger partial charge in [-0.25, -0.2) is 9.97 Å². The third-order valence-electron chi connectivity index (χ3n) is 14.7. The molecule has 377 valence electrons. The van der Waals surface area contributed by atoms with Crippen molar-refractivity contribution in [3.63, 3.8) is 0 Å². The Labute approximate surface area is 405 Å². The molecule has 0 aliphatic carbocycles. The highest BCUT2D eigenvalue weighted by molar-refractivity contribution is 5.27. The quantitative estimate of drug-likeness (QED) is 0.0609. The van der Waals surface area contributed by atoms with Gasteiger partial charge in [-0.1, -0.05) is 323 Å². The van der Waals surface area contributed by atoms with Gasteiger partial charge in [0.2, 0.25) is 0 Å². The van der Waals surface area contributed by atoms with Gasteiger partial charge >= 0.3 is 0 Å². The molecule has 0 saturated carbocycles. The number of hydrogen-bond acceptors (Lipinski definition) is 2. The van der Waals surface area contributed by atoms with Crippen LogP contribution >= 0.6 is 0 Å². The van der Waals surface area contributed by atoms with Gasteiger partial charge in [0, 0.05) is 17.8 Å². The maximum Gasteiger partial charge on any atom is 0.128 e. The van der Waals surface area contributed by atoms with E-state index in [0.29, 0.717) is 0 Å². The van der Waals surface area contributed by atoms with Gasteiger partial charge in [-0.15, -0.1) is 0 Å². The summed E-state index contributed by atoms with van der Waals surface area (Å²) in [4.78, 5) is 10.7. The topological polar surface area (TPSA) is 25.8 Å². The second-order valence-corrected chi connectivity index (χ2v) is 21.1. The van der Waals surface area contributed by atoms with E-state index in [0.717, 1.165) is 25.1 Å². The van der Waals surface area contributed by atoms with Gasteiger partial charge in [0.15, 0.2) is 0 Å². The van der Waals surface area contributed by atoms with Gasteiger partial charge in [-0.05, 0) is 50.5 Å². The SMILES string of the molecule is [CH2]CCCc1nc(CCCCCCCCCCCCCCCCCC)c(CCCCCCCCCCCCCCCCCC)c(CCCCCCCCCCCCCCCCCC)n1. The molecule has 2 nitrogen and oxygen atoms in total. The van der Waals surface area contributed by atoms with Gasteiger partial charge in [0.05, 0.1) is 0 Å². The Morgan fingerprint density at radius 2 is 0.438 bits per heavy atom. The summed E-state index contributed by atoms with van der Waals surface area (Å²) < 4.78 is 0. The van der Waals surface area contributed by atoms with Crippen molar-refractivity contribution in [2.45, 2.75) is 367 Å². The summed E-state index contributed by atoms with van der Waals surface area (Å²) in [7, 11) is 0. The standard InChI is InChI=1S/C62H119N2/c1-5-9-13-16-19-22-25-28-31-34-37-40-43-46-49-52-55-59-60(56-53-50-47-44-41-38-35-32-29-26-23-20-17-14-10-6-2)63-62(58-12-8-4)64-61(59)57-54-51-48-45-42-39-36-33-30-27-24-21-18-15-11-7-3/h4-58H2,1-3H3. The highest BCUT2D eigenvalue weighted by Gasteiger charge is 2.15. The Kier molecular flexibility index (Phi) is 49.1. The predicted octanol–water partition coefficient (Wildman–Crippen LogP) is 22.0. The highest BCUT2D eigenvalue weighted by atomic mass is 14.9. The molecule has 0 N–H and O–H groups in total. The van der Waals surface area contributed by atoms with Crippen molar-refractivity contribution >= 4 is 0 Å². The fraction of sp³-hybridized carbons (Fsp3) is 0.919. The molecule has 0 aliphatic rings. The molecular weight excluding hydrogens is 773 g/mol. The average Bonchev–Trinajstić information content (AvgIpc) is 3.30. The van der Waals surface area contributed by atoms with Crippen LogP contribution in [0.2, 0.25) is 0 Å². The number of hydrogen-bond donors (Lipinski definition) is 0. The van der Waals surface area contributed by atoms with Crippen LogP contribution in [-0.4, -0.2) is 9.97 Å². The molecule has 1 radical (unpaired) electrons. The number of unbranched alkanes of at least 4 members (excludes halogenated alkanes) is 46. The van der Waals surface area contributed by atoms with Crippen LogP contribution in [0.25, 0.3) is 0 Å². The first-order valence-electron chi connectivity index (χ1n) is 30.4. The molecule has 0 bridgehead atoms. The second-order valence-electron chi connectivity index (χ2n) is 21.1. The van der Waals surface area contributed by atoms with Gasteiger partial charge in [0.1, 0.15) is 5.82 Å². The molecule has 1 rings (SSSR count). The van der Waals surface area contributed by atoms with E-state index in [9.17, 15) is 0 Å². The maximum absolute atomic E-state index is 5.36. The van der Waals surface area contributed by atoms with E-state index in [1.165, 1.54) is 339 Å². The highest BCUT2D eigenvalue weighted by Crippen LogP contribution is 2.24. The lowest BCUT2D eigenvalue weighted by atomic mass is 9.96. The van der Waals surface area contributed by atoms with Crippen LogP contribution in [0.15, 0.2) is 0 Å². The minimum Gasteiger partial charge on any atom is -0.238 e. The Balaban J connectivity index is 2.52. The summed E-state index contributed by atoms with van der Waals surface area (Å²) in [6.45, 7) is 11.1. The van der Waals surface area contributed by atoms with Gasteiger partial charge in [-0.3, -0.25) is 0 Å². The molecule has 0 amide bonds. The second kappa shape index (κ2) is 51.5. The minimum absolute atomic E-state index is 0.979. The summed E-state index contributed by atoms with van der Waals surface area (Å²) in [6.07, 6.45) is 75.3. The number of aryl methyl sites for hydroxylation is 3. The van der Waals surface area contributed by atoms with Gasteiger partial charge in [-0.2, -0.15) is 0 Å². The zero-order valence-corrected chi connectivity index (χ0v) is 44.8. The molecule has 0 aliphatic heterocycles. The Morgan fingerprint density at radius 1 is 0.234 bits per heavy atom. The first kappa shape index (κ1) is 61.1. The van der Waals surface area contributed by atoms with E-state index >= 15 is 0 Å². The largest absolute Gasteiger partial charge is 0.238 e. The molecule has 0 atom stereocenters. The molecule has 64 heavy (non-hydrogen) atoms. The van der Waals surface area contributed by atoms with Crippen LogP contribution in [0.3, 0.4) is 0 Å². The molecule has 0 spiro atoms. The van der Waals surface area contributed by atoms with Gasteiger partial charge < -0.3 is 0 Å². The summed E-state index contributed by atoms with van der Waals surface area (Å²) >= 11 is 0. The van der Waals surface area contributed by atoms with Crippen LogP contribution < -0.4 is 0 Å². The molecule has 0 fully saturated rings. The molecule has 1 aromatic heterocycles. The molecule has 2 heteroatoms. The van der Waals surface area contributed by atoms with Crippen molar-refractivity contribution in [1.29, 1.82) is 0 Å². The van der Waals surface area contributed by atoms with Crippen molar-refractivity contribution in [2.75, 3.05) is 0 Å². The summed E-state index contributed by atoms with van der Waals surface area (Å²) in [5.41, 5.74) is 4.45. The smallest absolute Gasteiger partial charge is 0.128 e. The van der Waals surface area contributed by atoms with E-state index < -0.39 is 0 Å². The Bertz CT molecular complexity index is 975. The van der Waals surface area contributed by atoms with Crippen molar-refractivity contribution < 1.29 is 0 Å². The van der Waals surface area contributed by atoms with Crippen molar-refractivity contribution in [2.24, 2.45) is 0 Å². The van der Waals surface area contributed by atoms with Crippen LogP contribution in [0.1, 0.15) is 365 Å². The minimum atomic E-state index is 0.979. The van der Waals surface area contributed by atoms with Crippen LogP contribution in [0.4, 0.5) is 0 Å². The lowest BCUT2D eigenvalue weighted by Gasteiger charge is -2.16. The Hall–Kier alpha value is -0.920. The maximum atomic E-state index is 5.36. The summed E-state index contributed by atoms with van der Waals surface area (Å²) in [5.74, 6) is 1.12. The first-order valence-corrected chi connectivity index (χ1v) is 30.4. The van der Waals surface area contributed by atoms with Crippen molar-refractivity contribution in [1.82, 2.24) is 9.97 Å². The monoisotopic (exact) mass is 892 g/mol. The average molecular weight is 893 g/mol. The molecular formula is C62H119N2. The fourth-order valence-corrected chi connectivity index (χ4v) is 10.3. The number of aromatic nitrogens is 2. The van der Waals surface area contributed by atoms with Gasteiger partial charge in [0.25, 0.3) is 0 Å². The molecule has 1 heterocycles.